The van der Waals surface area contributed by atoms with Crippen molar-refractivity contribution in [3.63, 3.8) is 0 Å². The van der Waals surface area contributed by atoms with Crippen molar-refractivity contribution in [3.8, 4) is 17.6 Å². The molecule has 168 valence electrons. The third kappa shape index (κ3) is 6.34. The van der Waals surface area contributed by atoms with Crippen molar-refractivity contribution in [2.45, 2.75) is 11.8 Å². The van der Waals surface area contributed by atoms with Gasteiger partial charge in [0.1, 0.15) is 16.5 Å². The standard InChI is InChI=1S/C24H19IN2O5S/c1-16-6-9-21(10-7-16)33(29,30)32-22-11-8-17(13-23(22)31-2)12-18(15-26)24(28)27-20-5-3-4-19(25)14-20/h3-14H,1-2H3,(H,27,28)/b18-12+. The molecular formula is C24H19IN2O5S. The van der Waals surface area contributed by atoms with Crippen LogP contribution in [0.5, 0.6) is 11.5 Å². The molecule has 0 saturated carbocycles. The molecule has 7 nitrogen and oxygen atoms in total. The van der Waals surface area contributed by atoms with Crippen LogP contribution in [0.3, 0.4) is 0 Å². The van der Waals surface area contributed by atoms with E-state index in [0.717, 1.165) is 9.13 Å². The molecule has 0 radical (unpaired) electrons. The minimum Gasteiger partial charge on any atom is -0.493 e. The van der Waals surface area contributed by atoms with Crippen molar-refractivity contribution in [3.05, 3.63) is 87.0 Å². The SMILES string of the molecule is COc1cc(/C=C(\C#N)C(=O)Nc2cccc(I)c2)ccc1OS(=O)(=O)c1ccc(C)cc1. The number of rotatable bonds is 7. The van der Waals surface area contributed by atoms with Crippen LogP contribution >= 0.6 is 22.6 Å². The summed E-state index contributed by atoms with van der Waals surface area (Å²) in [5.41, 5.74) is 1.82. The molecule has 0 aliphatic heterocycles. The predicted octanol–water partition coefficient (Wildman–Crippen LogP) is 4.92. The lowest BCUT2D eigenvalue weighted by atomic mass is 10.1. The van der Waals surface area contributed by atoms with Crippen LogP contribution in [-0.4, -0.2) is 21.4 Å². The molecule has 0 fully saturated rings. The van der Waals surface area contributed by atoms with Crippen molar-refractivity contribution in [1.82, 2.24) is 0 Å². The molecule has 3 rings (SSSR count). The molecule has 3 aromatic carbocycles. The van der Waals surface area contributed by atoms with Crippen LogP contribution < -0.4 is 14.2 Å². The van der Waals surface area contributed by atoms with Crippen molar-refractivity contribution >= 4 is 50.4 Å². The highest BCUT2D eigenvalue weighted by Crippen LogP contribution is 2.31. The second kappa shape index (κ2) is 10.5. The maximum absolute atomic E-state index is 12.6. The van der Waals surface area contributed by atoms with Crippen LogP contribution in [-0.2, 0) is 14.9 Å². The highest BCUT2D eigenvalue weighted by Gasteiger charge is 2.19. The molecule has 0 aliphatic carbocycles. The van der Waals surface area contributed by atoms with E-state index in [1.54, 1.807) is 30.3 Å². The van der Waals surface area contributed by atoms with Gasteiger partial charge in [-0.3, -0.25) is 4.79 Å². The molecule has 0 aliphatic rings. The Balaban J connectivity index is 1.84. The van der Waals surface area contributed by atoms with E-state index in [1.165, 1.54) is 43.5 Å². The summed E-state index contributed by atoms with van der Waals surface area (Å²) >= 11 is 2.12. The lowest BCUT2D eigenvalue weighted by Gasteiger charge is -2.12. The average Bonchev–Trinajstić information content (AvgIpc) is 2.78. The van der Waals surface area contributed by atoms with E-state index in [1.807, 2.05) is 19.1 Å². The maximum atomic E-state index is 12.6. The Kier molecular flexibility index (Phi) is 7.73. The number of anilines is 1. The number of halogens is 1. The molecule has 0 aromatic heterocycles. The molecule has 1 N–H and O–H groups in total. The number of benzene rings is 3. The van der Waals surface area contributed by atoms with Crippen molar-refractivity contribution in [2.75, 3.05) is 12.4 Å². The smallest absolute Gasteiger partial charge is 0.339 e. The first-order chi connectivity index (χ1) is 15.7. The van der Waals surface area contributed by atoms with Gasteiger partial charge in [-0.05, 0) is 83.6 Å². The van der Waals surface area contributed by atoms with Gasteiger partial charge in [0.25, 0.3) is 5.91 Å². The molecule has 0 bridgehead atoms. The maximum Gasteiger partial charge on any atom is 0.339 e. The van der Waals surface area contributed by atoms with Gasteiger partial charge in [0.2, 0.25) is 0 Å². The van der Waals surface area contributed by atoms with Gasteiger partial charge in [-0.25, -0.2) is 0 Å². The van der Waals surface area contributed by atoms with Crippen LogP contribution in [0.25, 0.3) is 6.08 Å². The van der Waals surface area contributed by atoms with Gasteiger partial charge < -0.3 is 14.2 Å². The van der Waals surface area contributed by atoms with Crippen LogP contribution in [0.1, 0.15) is 11.1 Å². The molecular weight excluding hydrogens is 555 g/mol. The lowest BCUT2D eigenvalue weighted by Crippen LogP contribution is -2.13. The zero-order valence-electron chi connectivity index (χ0n) is 17.7. The van der Waals surface area contributed by atoms with Gasteiger partial charge in [-0.1, -0.05) is 29.8 Å². The minimum absolute atomic E-state index is 0.0122. The number of ether oxygens (including phenoxy) is 1. The minimum atomic E-state index is -4.07. The Morgan fingerprint density at radius 1 is 1.06 bits per heavy atom. The summed E-state index contributed by atoms with van der Waals surface area (Å²) in [5, 5.41) is 12.1. The van der Waals surface area contributed by atoms with Crippen molar-refractivity contribution in [2.24, 2.45) is 0 Å². The molecule has 3 aromatic rings. The van der Waals surface area contributed by atoms with Gasteiger partial charge in [0.15, 0.2) is 11.5 Å². The van der Waals surface area contributed by atoms with Gasteiger partial charge in [-0.15, -0.1) is 0 Å². The molecule has 1 amide bonds. The average molecular weight is 574 g/mol. The van der Waals surface area contributed by atoms with E-state index in [4.69, 9.17) is 8.92 Å². The van der Waals surface area contributed by atoms with Gasteiger partial charge in [-0.2, -0.15) is 13.7 Å². The topological polar surface area (TPSA) is 105 Å². The van der Waals surface area contributed by atoms with Crippen LogP contribution in [0.4, 0.5) is 5.69 Å². The highest BCUT2D eigenvalue weighted by molar-refractivity contribution is 14.1. The van der Waals surface area contributed by atoms with Crippen molar-refractivity contribution in [1.29, 1.82) is 5.26 Å². The Hall–Kier alpha value is -3.36. The predicted molar refractivity (Wildman–Crippen MR) is 133 cm³/mol. The fraction of sp³-hybridized carbons (Fsp3) is 0.0833. The van der Waals surface area contributed by atoms with Crippen LogP contribution in [0.2, 0.25) is 0 Å². The molecule has 0 atom stereocenters. The van der Waals surface area contributed by atoms with Crippen molar-refractivity contribution < 1.29 is 22.1 Å². The summed E-state index contributed by atoms with van der Waals surface area (Å²) in [4.78, 5) is 12.5. The quantitative estimate of drug-likeness (QED) is 0.186. The number of hydrogen-bond acceptors (Lipinski definition) is 6. The van der Waals surface area contributed by atoms with E-state index in [-0.39, 0.29) is 22.0 Å². The zero-order valence-corrected chi connectivity index (χ0v) is 20.7. The second-order valence-electron chi connectivity index (χ2n) is 6.90. The normalized spacial score (nSPS) is 11.4. The monoisotopic (exact) mass is 574 g/mol. The number of carbonyl (C=O) groups is 1. The fourth-order valence-corrected chi connectivity index (χ4v) is 4.28. The van der Waals surface area contributed by atoms with E-state index in [9.17, 15) is 18.5 Å². The number of amides is 1. The fourth-order valence-electron chi connectivity index (χ4n) is 2.79. The van der Waals surface area contributed by atoms with E-state index >= 15 is 0 Å². The molecule has 0 saturated heterocycles. The third-order valence-corrected chi connectivity index (χ3v) is 6.37. The van der Waals surface area contributed by atoms with E-state index in [0.29, 0.717) is 11.3 Å². The Labute approximate surface area is 205 Å². The van der Waals surface area contributed by atoms with Crippen LogP contribution in [0, 0.1) is 21.8 Å². The summed E-state index contributed by atoms with van der Waals surface area (Å²) in [5.74, 6) is -0.451. The summed E-state index contributed by atoms with van der Waals surface area (Å²) in [6.45, 7) is 1.85. The van der Waals surface area contributed by atoms with Gasteiger partial charge in [0.05, 0.1) is 7.11 Å². The van der Waals surface area contributed by atoms with Crippen LogP contribution in [0.15, 0.2) is 77.2 Å². The van der Waals surface area contributed by atoms with Gasteiger partial charge >= 0.3 is 10.1 Å². The molecule has 0 spiro atoms. The number of nitrogens with zero attached hydrogens (tertiary/aromatic N) is 1. The summed E-state index contributed by atoms with van der Waals surface area (Å²) in [6, 6.07) is 19.7. The number of carbonyl (C=O) groups excluding carboxylic acids is 1. The highest BCUT2D eigenvalue weighted by atomic mass is 127. The molecule has 0 heterocycles. The summed E-state index contributed by atoms with van der Waals surface area (Å²) < 4.78 is 36.6. The first-order valence-corrected chi connectivity index (χ1v) is 12.1. The number of methoxy groups -OCH3 is 1. The Bertz CT molecular complexity index is 1360. The molecule has 0 unspecified atom stereocenters. The van der Waals surface area contributed by atoms with Gasteiger partial charge in [0, 0.05) is 9.26 Å². The number of nitrogens with one attached hydrogen (secondary N) is 1. The Morgan fingerprint density at radius 2 is 1.79 bits per heavy atom. The zero-order chi connectivity index (χ0) is 24.0. The van der Waals surface area contributed by atoms with E-state index < -0.39 is 16.0 Å². The second-order valence-corrected chi connectivity index (χ2v) is 9.69. The molecule has 9 heteroatoms. The summed E-state index contributed by atoms with van der Waals surface area (Å²) in [7, 11) is -2.70. The Morgan fingerprint density at radius 3 is 2.42 bits per heavy atom. The first-order valence-electron chi connectivity index (χ1n) is 9.60. The number of aryl methyl sites for hydroxylation is 1. The summed E-state index contributed by atoms with van der Waals surface area (Å²) in [6.07, 6.45) is 1.38. The number of hydrogen-bond donors (Lipinski definition) is 1. The third-order valence-electron chi connectivity index (χ3n) is 4.46. The lowest BCUT2D eigenvalue weighted by molar-refractivity contribution is -0.112. The van der Waals surface area contributed by atoms with E-state index in [2.05, 4.69) is 27.9 Å². The first kappa shape index (κ1) is 24.3. The largest absolute Gasteiger partial charge is 0.493 e. The molecule has 33 heavy (non-hydrogen) atoms. The number of nitriles is 1.